The number of benzene rings is 3. The Kier molecular flexibility index (Phi) is 8.79. The predicted octanol–water partition coefficient (Wildman–Crippen LogP) is 6.92. The van der Waals surface area contributed by atoms with Gasteiger partial charge in [0.15, 0.2) is 5.16 Å². The SMILES string of the molecule is CCCCC(Sc1nc2ccccc2c(=O)n1-c1cccc(-c2ccoc2)c1)C(=O)N1CCN(c2ccc(F)cc2F)CC1. The van der Waals surface area contributed by atoms with Gasteiger partial charge >= 0.3 is 0 Å². The monoisotopic (exact) mass is 614 g/mol. The zero-order valence-corrected chi connectivity index (χ0v) is 25.1. The summed E-state index contributed by atoms with van der Waals surface area (Å²) in [5.74, 6) is -1.27. The molecular weight excluding hydrogens is 582 g/mol. The summed E-state index contributed by atoms with van der Waals surface area (Å²) in [6.45, 7) is 3.75. The molecule has 226 valence electrons. The average molecular weight is 615 g/mol. The maximum absolute atomic E-state index is 14.4. The molecule has 10 heteroatoms. The summed E-state index contributed by atoms with van der Waals surface area (Å²) in [4.78, 5) is 36.5. The van der Waals surface area contributed by atoms with Crippen molar-refractivity contribution < 1.29 is 18.0 Å². The Morgan fingerprint density at radius 2 is 1.80 bits per heavy atom. The van der Waals surface area contributed by atoms with E-state index in [4.69, 9.17) is 9.40 Å². The molecule has 2 aromatic heterocycles. The summed E-state index contributed by atoms with van der Waals surface area (Å²) in [6, 6.07) is 20.3. The van der Waals surface area contributed by atoms with Crippen LogP contribution in [0.3, 0.4) is 0 Å². The maximum atomic E-state index is 14.4. The van der Waals surface area contributed by atoms with Gasteiger partial charge < -0.3 is 14.2 Å². The number of carbonyl (C=O) groups excluding carboxylic acids is 1. The van der Waals surface area contributed by atoms with Crippen LogP contribution in [0.1, 0.15) is 26.2 Å². The lowest BCUT2D eigenvalue weighted by Gasteiger charge is -2.37. The fraction of sp³-hybridized carbons (Fsp3) is 0.265. The van der Waals surface area contributed by atoms with Crippen molar-refractivity contribution in [3.05, 3.63) is 107 Å². The van der Waals surface area contributed by atoms with E-state index in [1.54, 1.807) is 28.1 Å². The number of amides is 1. The highest BCUT2D eigenvalue weighted by Crippen LogP contribution is 2.31. The van der Waals surface area contributed by atoms with Gasteiger partial charge in [0.25, 0.3) is 5.56 Å². The normalized spacial score (nSPS) is 14.2. The second kappa shape index (κ2) is 13.1. The van der Waals surface area contributed by atoms with Crippen LogP contribution in [0.5, 0.6) is 0 Å². The summed E-state index contributed by atoms with van der Waals surface area (Å²) in [5.41, 5.74) is 3.11. The van der Waals surface area contributed by atoms with E-state index in [1.807, 2.05) is 53.4 Å². The standard InChI is InChI=1S/C34H32F2N4O3S/c1-2-3-11-31(33(42)39-17-15-38(16-18-39)30-13-12-25(35)21-28(30)36)44-34-37-29-10-5-4-9-27(29)32(41)40(34)26-8-6-7-23(20-26)24-14-19-43-22-24/h4-10,12-14,19-22,31H,2-3,11,15-18H2,1H3. The van der Waals surface area contributed by atoms with Crippen LogP contribution in [0, 0.1) is 11.6 Å². The van der Waals surface area contributed by atoms with Crippen molar-refractivity contribution >= 4 is 34.3 Å². The second-order valence-corrected chi connectivity index (χ2v) is 11.9. The highest BCUT2D eigenvalue weighted by Gasteiger charge is 2.30. The molecule has 5 aromatic rings. The maximum Gasteiger partial charge on any atom is 0.266 e. The number of unbranched alkanes of at least 4 members (excludes halogenated alkanes) is 1. The highest BCUT2D eigenvalue weighted by atomic mass is 32.2. The minimum Gasteiger partial charge on any atom is -0.472 e. The van der Waals surface area contributed by atoms with Gasteiger partial charge in [-0.25, -0.2) is 13.8 Å². The van der Waals surface area contributed by atoms with E-state index < -0.39 is 16.9 Å². The van der Waals surface area contributed by atoms with Gasteiger partial charge in [0.2, 0.25) is 5.91 Å². The molecule has 0 saturated carbocycles. The summed E-state index contributed by atoms with van der Waals surface area (Å²) in [6.07, 6.45) is 5.61. The lowest BCUT2D eigenvalue weighted by molar-refractivity contribution is -0.131. The van der Waals surface area contributed by atoms with Crippen LogP contribution in [0.2, 0.25) is 0 Å². The number of aromatic nitrogens is 2. The molecule has 3 aromatic carbocycles. The molecule has 0 N–H and O–H groups in total. The fourth-order valence-electron chi connectivity index (χ4n) is 5.53. The Morgan fingerprint density at radius 1 is 0.977 bits per heavy atom. The number of halogens is 2. The zero-order chi connectivity index (χ0) is 30.6. The van der Waals surface area contributed by atoms with Gasteiger partial charge in [0, 0.05) is 37.8 Å². The van der Waals surface area contributed by atoms with E-state index in [9.17, 15) is 18.4 Å². The number of fused-ring (bicyclic) bond motifs is 1. The fourth-order valence-corrected chi connectivity index (χ4v) is 6.76. The minimum atomic E-state index is -0.621. The van der Waals surface area contributed by atoms with Crippen molar-refractivity contribution in [2.24, 2.45) is 0 Å². The van der Waals surface area contributed by atoms with E-state index in [1.165, 1.54) is 23.9 Å². The topological polar surface area (TPSA) is 71.6 Å². The van der Waals surface area contributed by atoms with Crippen LogP contribution in [0.25, 0.3) is 27.7 Å². The molecule has 1 aliphatic heterocycles. The highest BCUT2D eigenvalue weighted by molar-refractivity contribution is 8.00. The zero-order valence-electron chi connectivity index (χ0n) is 24.3. The van der Waals surface area contributed by atoms with Crippen LogP contribution in [0.15, 0.2) is 99.7 Å². The third kappa shape index (κ3) is 6.12. The quantitative estimate of drug-likeness (QED) is 0.133. The molecule has 3 heterocycles. The lowest BCUT2D eigenvalue weighted by atomic mass is 10.1. The summed E-state index contributed by atoms with van der Waals surface area (Å²) in [7, 11) is 0. The third-order valence-electron chi connectivity index (χ3n) is 7.89. The van der Waals surface area contributed by atoms with E-state index >= 15 is 0 Å². The Bertz CT molecular complexity index is 1830. The number of furan rings is 1. The number of nitrogens with zero attached hydrogens (tertiary/aromatic N) is 4. The number of para-hydroxylation sites is 1. The number of anilines is 1. The predicted molar refractivity (Wildman–Crippen MR) is 169 cm³/mol. The smallest absolute Gasteiger partial charge is 0.266 e. The Hall–Kier alpha value is -4.44. The molecule has 0 bridgehead atoms. The van der Waals surface area contributed by atoms with Gasteiger partial charge in [-0.3, -0.25) is 14.2 Å². The molecule has 0 radical (unpaired) electrons. The van der Waals surface area contributed by atoms with Crippen molar-refractivity contribution in [1.82, 2.24) is 14.5 Å². The molecular formula is C34H32F2N4O3S. The largest absolute Gasteiger partial charge is 0.472 e. The Balaban J connectivity index is 1.31. The molecule has 0 aliphatic carbocycles. The van der Waals surface area contributed by atoms with Crippen molar-refractivity contribution in [3.63, 3.8) is 0 Å². The van der Waals surface area contributed by atoms with Gasteiger partial charge in [-0.15, -0.1) is 0 Å². The van der Waals surface area contributed by atoms with Gasteiger partial charge in [-0.2, -0.15) is 0 Å². The number of rotatable bonds is 9. The summed E-state index contributed by atoms with van der Waals surface area (Å²) in [5, 5.41) is 0.464. The molecule has 1 fully saturated rings. The van der Waals surface area contributed by atoms with Crippen molar-refractivity contribution in [3.8, 4) is 16.8 Å². The molecule has 1 aliphatic rings. The second-order valence-electron chi connectivity index (χ2n) is 10.8. The van der Waals surface area contributed by atoms with Crippen LogP contribution >= 0.6 is 11.8 Å². The van der Waals surface area contributed by atoms with E-state index in [0.717, 1.165) is 30.0 Å². The first-order valence-electron chi connectivity index (χ1n) is 14.7. The molecule has 0 spiro atoms. The average Bonchev–Trinajstić information content (AvgIpc) is 3.59. The minimum absolute atomic E-state index is 0.0382. The third-order valence-corrected chi connectivity index (χ3v) is 9.10. The molecule has 1 atom stereocenters. The lowest BCUT2D eigenvalue weighted by Crippen LogP contribution is -2.51. The molecule has 1 unspecified atom stereocenters. The van der Waals surface area contributed by atoms with Crippen LogP contribution in [0.4, 0.5) is 14.5 Å². The van der Waals surface area contributed by atoms with E-state index in [0.29, 0.717) is 60.0 Å². The van der Waals surface area contributed by atoms with Gasteiger partial charge in [0.05, 0.1) is 40.1 Å². The number of hydrogen-bond donors (Lipinski definition) is 0. The van der Waals surface area contributed by atoms with Crippen molar-refractivity contribution in [1.29, 1.82) is 0 Å². The van der Waals surface area contributed by atoms with Crippen molar-refractivity contribution in [2.45, 2.75) is 36.6 Å². The summed E-state index contributed by atoms with van der Waals surface area (Å²) >= 11 is 1.31. The van der Waals surface area contributed by atoms with Gasteiger partial charge in [-0.1, -0.05) is 55.8 Å². The Labute approximate surface area is 258 Å². The van der Waals surface area contributed by atoms with Crippen LogP contribution in [-0.2, 0) is 4.79 Å². The van der Waals surface area contributed by atoms with E-state index in [2.05, 4.69) is 6.92 Å². The first kappa shape index (κ1) is 29.6. The van der Waals surface area contributed by atoms with Gasteiger partial charge in [-0.05, 0) is 54.4 Å². The molecule has 1 saturated heterocycles. The van der Waals surface area contributed by atoms with Crippen LogP contribution < -0.4 is 10.5 Å². The number of thioether (sulfide) groups is 1. The molecule has 7 nitrogen and oxygen atoms in total. The molecule has 44 heavy (non-hydrogen) atoms. The van der Waals surface area contributed by atoms with Crippen molar-refractivity contribution in [2.75, 3.05) is 31.1 Å². The molecule has 6 rings (SSSR count). The first-order valence-corrected chi connectivity index (χ1v) is 15.6. The summed E-state index contributed by atoms with van der Waals surface area (Å²) < 4.78 is 34.7. The van der Waals surface area contributed by atoms with E-state index in [-0.39, 0.29) is 11.5 Å². The van der Waals surface area contributed by atoms with Gasteiger partial charge in [0.1, 0.15) is 11.6 Å². The number of piperazine rings is 1. The molecule has 1 amide bonds. The first-order chi connectivity index (χ1) is 21.4. The Morgan fingerprint density at radius 3 is 2.55 bits per heavy atom. The number of carbonyl (C=O) groups is 1. The number of hydrogen-bond acceptors (Lipinski definition) is 6. The van der Waals surface area contributed by atoms with Crippen LogP contribution in [-0.4, -0.2) is 51.8 Å².